The van der Waals surface area contributed by atoms with Gasteiger partial charge in [0.05, 0.1) is 25.2 Å². The van der Waals surface area contributed by atoms with E-state index in [1.807, 2.05) is 0 Å². The highest BCUT2D eigenvalue weighted by molar-refractivity contribution is 6.34. The van der Waals surface area contributed by atoms with Gasteiger partial charge >= 0.3 is 5.97 Å². The summed E-state index contributed by atoms with van der Waals surface area (Å²) in [4.78, 5) is 23.3. The van der Waals surface area contributed by atoms with Gasteiger partial charge < -0.3 is 14.6 Å². The Balaban J connectivity index is 3.19. The van der Waals surface area contributed by atoms with Crippen LogP contribution in [0.5, 0.6) is 11.5 Å². The van der Waals surface area contributed by atoms with Crippen LogP contribution in [0.2, 0.25) is 5.02 Å². The van der Waals surface area contributed by atoms with Gasteiger partial charge in [0.25, 0.3) is 0 Å². The number of Topliss-reactive ketones (excluding diaryl/α,β-unsaturated/α-hetero) is 1. The molecule has 2 unspecified atom stereocenters. The third-order valence-electron chi connectivity index (χ3n) is 3.29. The summed E-state index contributed by atoms with van der Waals surface area (Å²) in [7, 11) is 2.91. The molecule has 1 rings (SSSR count). The lowest BCUT2D eigenvalue weighted by molar-refractivity contribution is -0.142. The first-order valence-corrected chi connectivity index (χ1v) is 6.39. The topological polar surface area (TPSA) is 72.8 Å². The van der Waals surface area contributed by atoms with Crippen LogP contribution in [-0.2, 0) is 4.79 Å². The highest BCUT2D eigenvalue weighted by Crippen LogP contribution is 2.34. The Hall–Kier alpha value is -1.75. The minimum Gasteiger partial charge on any atom is -0.493 e. The zero-order valence-corrected chi connectivity index (χ0v) is 12.5. The van der Waals surface area contributed by atoms with E-state index < -0.39 is 17.8 Å². The number of methoxy groups -OCH3 is 2. The number of rotatable bonds is 6. The molecule has 0 radical (unpaired) electrons. The van der Waals surface area contributed by atoms with E-state index in [-0.39, 0.29) is 16.4 Å². The Bertz CT molecular complexity index is 527. The van der Waals surface area contributed by atoms with E-state index in [0.29, 0.717) is 11.5 Å². The first kappa shape index (κ1) is 16.3. The van der Waals surface area contributed by atoms with E-state index in [2.05, 4.69) is 0 Å². The molecule has 0 amide bonds. The van der Waals surface area contributed by atoms with Crippen molar-refractivity contribution in [2.45, 2.75) is 13.8 Å². The fourth-order valence-corrected chi connectivity index (χ4v) is 1.98. The van der Waals surface area contributed by atoms with Crippen LogP contribution in [0.25, 0.3) is 0 Å². The Morgan fingerprint density at radius 1 is 1.10 bits per heavy atom. The number of benzene rings is 1. The van der Waals surface area contributed by atoms with Crippen molar-refractivity contribution in [3.63, 3.8) is 0 Å². The highest BCUT2D eigenvalue weighted by Gasteiger charge is 2.28. The minimum absolute atomic E-state index is 0.206. The SMILES string of the molecule is COc1cc(Cl)c(C(=O)C(C)C(C)C(=O)O)cc1OC. The van der Waals surface area contributed by atoms with E-state index >= 15 is 0 Å². The smallest absolute Gasteiger partial charge is 0.306 e. The first-order valence-electron chi connectivity index (χ1n) is 6.02. The molecule has 0 bridgehead atoms. The fourth-order valence-electron chi connectivity index (χ4n) is 1.73. The van der Waals surface area contributed by atoms with E-state index in [1.165, 1.54) is 33.3 Å². The molecule has 0 aromatic heterocycles. The molecular formula is C14H17ClO5. The van der Waals surface area contributed by atoms with Crippen LogP contribution in [0.15, 0.2) is 12.1 Å². The summed E-state index contributed by atoms with van der Waals surface area (Å²) >= 11 is 6.06. The summed E-state index contributed by atoms with van der Waals surface area (Å²) in [5, 5.41) is 9.18. The molecule has 0 saturated heterocycles. The zero-order chi connectivity index (χ0) is 15.4. The lowest BCUT2D eigenvalue weighted by Crippen LogP contribution is -2.25. The van der Waals surface area contributed by atoms with Crippen LogP contribution >= 0.6 is 11.6 Å². The highest BCUT2D eigenvalue weighted by atomic mass is 35.5. The van der Waals surface area contributed by atoms with Crippen molar-refractivity contribution < 1.29 is 24.2 Å². The van der Waals surface area contributed by atoms with Gasteiger partial charge in [-0.15, -0.1) is 0 Å². The van der Waals surface area contributed by atoms with Crippen LogP contribution < -0.4 is 9.47 Å². The Morgan fingerprint density at radius 2 is 1.60 bits per heavy atom. The molecule has 0 aliphatic carbocycles. The third kappa shape index (κ3) is 3.22. The van der Waals surface area contributed by atoms with Crippen molar-refractivity contribution >= 4 is 23.4 Å². The summed E-state index contributed by atoms with van der Waals surface area (Å²) in [5.74, 6) is -2.08. The van der Waals surface area contributed by atoms with Gasteiger partial charge in [-0.05, 0) is 6.07 Å². The summed E-state index contributed by atoms with van der Waals surface area (Å²) < 4.78 is 10.2. The third-order valence-corrected chi connectivity index (χ3v) is 3.60. The molecule has 0 aliphatic heterocycles. The van der Waals surface area contributed by atoms with Gasteiger partial charge in [-0.2, -0.15) is 0 Å². The molecule has 2 atom stereocenters. The summed E-state index contributed by atoms with van der Waals surface area (Å²) in [6, 6.07) is 2.94. The zero-order valence-electron chi connectivity index (χ0n) is 11.8. The molecule has 0 heterocycles. The average molecular weight is 301 g/mol. The second-order valence-corrected chi connectivity index (χ2v) is 4.87. The van der Waals surface area contributed by atoms with E-state index in [1.54, 1.807) is 6.92 Å². The molecule has 0 aliphatic rings. The largest absolute Gasteiger partial charge is 0.493 e. The minimum atomic E-state index is -1.03. The molecule has 5 nitrogen and oxygen atoms in total. The van der Waals surface area contributed by atoms with Crippen molar-refractivity contribution in [3.8, 4) is 11.5 Å². The van der Waals surface area contributed by atoms with Gasteiger partial charge in [-0.3, -0.25) is 9.59 Å². The number of carbonyl (C=O) groups excluding carboxylic acids is 1. The number of hydrogen-bond donors (Lipinski definition) is 1. The first-order chi connectivity index (χ1) is 9.33. The van der Waals surface area contributed by atoms with Gasteiger partial charge in [0, 0.05) is 17.5 Å². The van der Waals surface area contributed by atoms with Crippen molar-refractivity contribution in [1.29, 1.82) is 0 Å². The fraction of sp³-hybridized carbons (Fsp3) is 0.429. The van der Waals surface area contributed by atoms with E-state index in [4.69, 9.17) is 26.2 Å². The van der Waals surface area contributed by atoms with Gasteiger partial charge in [-0.25, -0.2) is 0 Å². The van der Waals surface area contributed by atoms with Gasteiger partial charge in [0.1, 0.15) is 0 Å². The number of ketones is 1. The maximum atomic E-state index is 12.3. The molecular weight excluding hydrogens is 284 g/mol. The van der Waals surface area contributed by atoms with Crippen LogP contribution in [0.1, 0.15) is 24.2 Å². The summed E-state index contributed by atoms with van der Waals surface area (Å²) in [5.41, 5.74) is 0.227. The lowest BCUT2D eigenvalue weighted by atomic mass is 9.88. The van der Waals surface area contributed by atoms with Crippen LogP contribution in [0, 0.1) is 11.8 Å². The van der Waals surface area contributed by atoms with Crippen molar-refractivity contribution in [3.05, 3.63) is 22.7 Å². The summed E-state index contributed by atoms with van der Waals surface area (Å²) in [6.45, 7) is 3.05. The summed E-state index contributed by atoms with van der Waals surface area (Å²) in [6.07, 6.45) is 0. The molecule has 0 fully saturated rings. The maximum absolute atomic E-state index is 12.3. The van der Waals surface area contributed by atoms with Crippen LogP contribution in [0.3, 0.4) is 0 Å². The number of carbonyl (C=O) groups is 2. The molecule has 0 saturated carbocycles. The molecule has 1 N–H and O–H groups in total. The monoisotopic (exact) mass is 300 g/mol. The van der Waals surface area contributed by atoms with E-state index in [9.17, 15) is 9.59 Å². The predicted molar refractivity (Wildman–Crippen MR) is 74.9 cm³/mol. The molecule has 1 aromatic rings. The number of ether oxygens (including phenoxy) is 2. The van der Waals surface area contributed by atoms with E-state index in [0.717, 1.165) is 0 Å². The predicted octanol–water partition coefficient (Wildman–Crippen LogP) is 2.90. The molecule has 6 heteroatoms. The number of hydrogen-bond acceptors (Lipinski definition) is 4. The second-order valence-electron chi connectivity index (χ2n) is 4.47. The Morgan fingerprint density at radius 3 is 2.05 bits per heavy atom. The second kappa shape index (κ2) is 6.61. The average Bonchev–Trinajstić information content (AvgIpc) is 2.44. The van der Waals surface area contributed by atoms with Gasteiger partial charge in [0.2, 0.25) is 0 Å². The van der Waals surface area contributed by atoms with Crippen LogP contribution in [-0.4, -0.2) is 31.1 Å². The van der Waals surface area contributed by atoms with Crippen molar-refractivity contribution in [1.82, 2.24) is 0 Å². The quantitative estimate of drug-likeness (QED) is 0.818. The molecule has 20 heavy (non-hydrogen) atoms. The lowest BCUT2D eigenvalue weighted by Gasteiger charge is -2.17. The van der Waals surface area contributed by atoms with Crippen molar-refractivity contribution in [2.24, 2.45) is 11.8 Å². The standard InChI is InChI=1S/C14H17ClO5/c1-7(8(2)14(17)18)13(16)9-5-11(19-3)12(20-4)6-10(9)15/h5-8H,1-4H3,(H,17,18). The Kier molecular flexibility index (Phi) is 5.39. The molecule has 0 spiro atoms. The number of carboxylic acid groups (broad SMARTS) is 1. The molecule has 110 valence electrons. The van der Waals surface area contributed by atoms with Crippen molar-refractivity contribution in [2.75, 3.05) is 14.2 Å². The Labute approximate surface area is 122 Å². The maximum Gasteiger partial charge on any atom is 0.306 e. The normalized spacial score (nSPS) is 13.4. The molecule has 1 aromatic carbocycles. The number of aliphatic carboxylic acids is 1. The number of carboxylic acids is 1. The van der Waals surface area contributed by atoms with Gasteiger partial charge in [-0.1, -0.05) is 25.4 Å². The number of halogens is 1. The van der Waals surface area contributed by atoms with Crippen LogP contribution in [0.4, 0.5) is 0 Å². The van der Waals surface area contributed by atoms with Gasteiger partial charge in [0.15, 0.2) is 17.3 Å².